The first kappa shape index (κ1) is 24.6. The minimum atomic E-state index is -0.835. The lowest BCUT2D eigenvalue weighted by Gasteiger charge is -2.34. The Balaban J connectivity index is 1.11. The van der Waals surface area contributed by atoms with Crippen LogP contribution < -0.4 is 0 Å². The van der Waals surface area contributed by atoms with Crippen LogP contribution in [0.2, 0.25) is 0 Å². The molecule has 4 heteroatoms. The molecule has 0 saturated carbocycles. The SMILES string of the molecule is CCC1(OB(OC2Cc3cccc4cccc2c34)OC2Cc3cccc4cccc2c34)Cc2cccc3cccc1c23. The van der Waals surface area contributed by atoms with Gasteiger partial charge in [0.25, 0.3) is 0 Å². The van der Waals surface area contributed by atoms with Gasteiger partial charge < -0.3 is 14.0 Å². The van der Waals surface area contributed by atoms with Crippen molar-refractivity contribution >= 4 is 39.6 Å². The average Bonchev–Trinajstić information content (AvgIpc) is 3.67. The van der Waals surface area contributed by atoms with E-state index in [1.54, 1.807) is 0 Å². The normalized spacial score (nSPS) is 21.6. The van der Waals surface area contributed by atoms with Crippen molar-refractivity contribution in [2.24, 2.45) is 0 Å². The molecule has 3 unspecified atom stereocenters. The third-order valence-corrected chi connectivity index (χ3v) is 9.95. The largest absolute Gasteiger partial charge is 0.641 e. The highest BCUT2D eigenvalue weighted by molar-refractivity contribution is 6.37. The van der Waals surface area contributed by atoms with Gasteiger partial charge >= 0.3 is 7.32 Å². The first-order chi connectivity index (χ1) is 20.7. The standard InChI is InChI=1S/C38H31BO3/c1-2-38(23-29-17-5-11-26-14-8-20-32(38)37(26)29)42-39(40-33-21-27-15-3-9-24-12-6-18-30(33)35(24)27)41-34-22-28-16-4-10-25-13-7-19-31(34)36(25)28/h3-20,33-34H,2,21-23H2,1H3. The van der Waals surface area contributed by atoms with Crippen molar-refractivity contribution in [1.82, 2.24) is 0 Å². The maximum absolute atomic E-state index is 7.19. The van der Waals surface area contributed by atoms with E-state index in [1.165, 1.54) is 65.7 Å². The van der Waals surface area contributed by atoms with Crippen molar-refractivity contribution < 1.29 is 14.0 Å². The number of hydrogen-bond donors (Lipinski definition) is 0. The Morgan fingerprint density at radius 1 is 0.595 bits per heavy atom. The topological polar surface area (TPSA) is 27.7 Å². The third-order valence-electron chi connectivity index (χ3n) is 9.95. The molecule has 9 rings (SSSR count). The Bertz CT molecular complexity index is 1920. The Morgan fingerprint density at radius 2 is 1.07 bits per heavy atom. The summed E-state index contributed by atoms with van der Waals surface area (Å²) in [6.07, 6.45) is 2.99. The van der Waals surface area contributed by atoms with E-state index in [4.69, 9.17) is 14.0 Å². The zero-order valence-corrected chi connectivity index (χ0v) is 23.7. The van der Waals surface area contributed by atoms with Crippen molar-refractivity contribution in [3.63, 3.8) is 0 Å². The van der Waals surface area contributed by atoms with Gasteiger partial charge in [-0.15, -0.1) is 0 Å². The van der Waals surface area contributed by atoms with Crippen LogP contribution >= 0.6 is 0 Å². The summed E-state index contributed by atoms with van der Waals surface area (Å²) in [5.74, 6) is 0. The van der Waals surface area contributed by atoms with E-state index in [2.05, 4.69) is 116 Å². The van der Waals surface area contributed by atoms with Crippen LogP contribution in [-0.4, -0.2) is 7.32 Å². The fourth-order valence-corrected chi connectivity index (χ4v) is 8.03. The average molecular weight is 546 g/mol. The molecule has 0 aliphatic heterocycles. The second-order valence-corrected chi connectivity index (χ2v) is 12.1. The molecule has 0 bridgehead atoms. The summed E-state index contributed by atoms with van der Waals surface area (Å²) in [5.41, 5.74) is 7.15. The summed E-state index contributed by atoms with van der Waals surface area (Å²) in [4.78, 5) is 0. The van der Waals surface area contributed by atoms with Gasteiger partial charge in [0.15, 0.2) is 0 Å². The van der Waals surface area contributed by atoms with Crippen LogP contribution in [0.5, 0.6) is 0 Å². The molecule has 3 atom stereocenters. The van der Waals surface area contributed by atoms with Crippen LogP contribution in [0.25, 0.3) is 32.3 Å². The molecule has 0 radical (unpaired) electrons. The predicted octanol–water partition coefficient (Wildman–Crippen LogP) is 8.94. The molecule has 0 saturated heterocycles. The van der Waals surface area contributed by atoms with Crippen molar-refractivity contribution in [2.45, 2.75) is 50.4 Å². The van der Waals surface area contributed by atoms with E-state index >= 15 is 0 Å². The molecule has 42 heavy (non-hydrogen) atoms. The molecule has 0 heterocycles. The van der Waals surface area contributed by atoms with Gasteiger partial charge in [0.05, 0.1) is 17.8 Å². The van der Waals surface area contributed by atoms with Crippen molar-refractivity contribution in [2.75, 3.05) is 0 Å². The van der Waals surface area contributed by atoms with E-state index < -0.39 is 12.9 Å². The van der Waals surface area contributed by atoms with E-state index in [0.717, 1.165) is 25.7 Å². The molecule has 3 nitrogen and oxygen atoms in total. The number of rotatable bonds is 7. The highest BCUT2D eigenvalue weighted by atomic mass is 16.7. The minimum absolute atomic E-state index is 0.135. The number of hydrogen-bond acceptors (Lipinski definition) is 3. The fraction of sp³-hybridized carbons (Fsp3) is 0.211. The molecule has 3 aliphatic rings. The van der Waals surface area contributed by atoms with Crippen LogP contribution in [0.1, 0.15) is 58.9 Å². The lowest BCUT2D eigenvalue weighted by molar-refractivity contribution is -0.0403. The highest BCUT2D eigenvalue weighted by Gasteiger charge is 2.46. The molecular weight excluding hydrogens is 515 g/mol. The van der Waals surface area contributed by atoms with Crippen LogP contribution in [0.15, 0.2) is 109 Å². The first-order valence-corrected chi connectivity index (χ1v) is 15.2. The highest BCUT2D eigenvalue weighted by Crippen LogP contribution is 2.48. The molecule has 6 aromatic carbocycles. The van der Waals surface area contributed by atoms with E-state index in [0.29, 0.717) is 0 Å². The van der Waals surface area contributed by atoms with Crippen LogP contribution in [-0.2, 0) is 38.8 Å². The lowest BCUT2D eigenvalue weighted by Crippen LogP contribution is -2.41. The molecule has 0 fully saturated rings. The van der Waals surface area contributed by atoms with Gasteiger partial charge in [-0.2, -0.15) is 0 Å². The lowest BCUT2D eigenvalue weighted by atomic mass is 9.89. The molecule has 0 aromatic heterocycles. The molecule has 6 aromatic rings. The Kier molecular flexibility index (Phi) is 5.44. The van der Waals surface area contributed by atoms with Gasteiger partial charge in [0.1, 0.15) is 0 Å². The fourth-order valence-electron chi connectivity index (χ4n) is 8.03. The first-order valence-electron chi connectivity index (χ1n) is 15.2. The van der Waals surface area contributed by atoms with Crippen molar-refractivity contribution in [3.05, 3.63) is 143 Å². The maximum Gasteiger partial charge on any atom is 0.641 e. The predicted molar refractivity (Wildman–Crippen MR) is 169 cm³/mol. The van der Waals surface area contributed by atoms with Crippen LogP contribution in [0.4, 0.5) is 0 Å². The van der Waals surface area contributed by atoms with Crippen molar-refractivity contribution in [3.8, 4) is 0 Å². The molecule has 0 N–H and O–H groups in total. The molecular formula is C38H31BO3. The summed E-state index contributed by atoms with van der Waals surface area (Å²) in [5, 5.41) is 7.72. The third kappa shape index (κ3) is 3.59. The van der Waals surface area contributed by atoms with Crippen LogP contribution in [0, 0.1) is 0 Å². The van der Waals surface area contributed by atoms with Gasteiger partial charge in [-0.3, -0.25) is 0 Å². The molecule has 204 valence electrons. The monoisotopic (exact) mass is 546 g/mol. The summed E-state index contributed by atoms with van der Waals surface area (Å²) in [7, 11) is -0.835. The molecule has 0 spiro atoms. The summed E-state index contributed by atoms with van der Waals surface area (Å²) < 4.78 is 21.1. The molecule has 0 amide bonds. The molecule has 3 aliphatic carbocycles. The van der Waals surface area contributed by atoms with E-state index in [9.17, 15) is 0 Å². The van der Waals surface area contributed by atoms with Crippen molar-refractivity contribution in [1.29, 1.82) is 0 Å². The summed E-state index contributed by atoms with van der Waals surface area (Å²) in [6.45, 7) is 2.22. The maximum atomic E-state index is 7.19. The Labute approximate surface area is 246 Å². The minimum Gasteiger partial charge on any atom is -0.378 e. The quantitative estimate of drug-likeness (QED) is 0.187. The zero-order valence-electron chi connectivity index (χ0n) is 23.7. The van der Waals surface area contributed by atoms with E-state index in [1.807, 2.05) is 0 Å². The summed E-state index contributed by atoms with van der Waals surface area (Å²) in [6, 6.07) is 39.4. The number of benzene rings is 6. The van der Waals surface area contributed by atoms with Gasteiger partial charge in [0, 0.05) is 19.3 Å². The van der Waals surface area contributed by atoms with Gasteiger partial charge in [-0.05, 0) is 72.1 Å². The second kappa shape index (κ2) is 9.27. The summed E-state index contributed by atoms with van der Waals surface area (Å²) >= 11 is 0. The van der Waals surface area contributed by atoms with E-state index in [-0.39, 0.29) is 12.2 Å². The smallest absolute Gasteiger partial charge is 0.378 e. The van der Waals surface area contributed by atoms with Gasteiger partial charge in [0.2, 0.25) is 0 Å². The Morgan fingerprint density at radius 3 is 1.62 bits per heavy atom. The van der Waals surface area contributed by atoms with Crippen LogP contribution in [0.3, 0.4) is 0 Å². The Hall–Kier alpha value is -3.96. The van der Waals surface area contributed by atoms with Gasteiger partial charge in [-0.1, -0.05) is 116 Å². The second-order valence-electron chi connectivity index (χ2n) is 12.1. The zero-order chi connectivity index (χ0) is 27.8. The van der Waals surface area contributed by atoms with Gasteiger partial charge in [-0.25, -0.2) is 0 Å².